The zero-order chi connectivity index (χ0) is 11.5. The average molecular weight is 216 g/mol. The van der Waals surface area contributed by atoms with Gasteiger partial charge in [0.05, 0.1) is 17.9 Å². The summed E-state index contributed by atoms with van der Waals surface area (Å²) in [7, 11) is -0.116. The van der Waals surface area contributed by atoms with Crippen LogP contribution in [0.2, 0.25) is 6.32 Å². The number of hydrogen-bond acceptors (Lipinski definition) is 2. The van der Waals surface area contributed by atoms with Gasteiger partial charge in [-0.25, -0.2) is 0 Å². The minimum atomic E-state index is -0.238. The molecule has 0 aliphatic carbocycles. The van der Waals surface area contributed by atoms with Crippen molar-refractivity contribution in [1.82, 2.24) is 0 Å². The summed E-state index contributed by atoms with van der Waals surface area (Å²) >= 11 is 0. The van der Waals surface area contributed by atoms with Crippen molar-refractivity contribution in [3.05, 3.63) is 0 Å². The van der Waals surface area contributed by atoms with Gasteiger partial charge in [0.15, 0.2) is 0 Å². The van der Waals surface area contributed by atoms with Crippen LogP contribution < -0.4 is 0 Å². The molecule has 1 aliphatic heterocycles. The van der Waals surface area contributed by atoms with Gasteiger partial charge in [-0.3, -0.25) is 4.39 Å². The van der Waals surface area contributed by atoms with Crippen LogP contribution in [0.15, 0.2) is 0 Å². The minimum absolute atomic E-state index is 0.116. The van der Waals surface area contributed by atoms with Gasteiger partial charge in [-0.1, -0.05) is 12.8 Å². The van der Waals surface area contributed by atoms with Crippen molar-refractivity contribution in [1.29, 1.82) is 0 Å². The Labute approximate surface area is 92.7 Å². The first-order chi connectivity index (χ1) is 6.89. The highest BCUT2D eigenvalue weighted by molar-refractivity contribution is 6.45. The van der Waals surface area contributed by atoms with Crippen LogP contribution in [0.1, 0.15) is 47.0 Å². The molecular formula is C11H22BFO2. The monoisotopic (exact) mass is 216 g/mol. The molecule has 2 nitrogen and oxygen atoms in total. The predicted molar refractivity (Wildman–Crippen MR) is 60.7 cm³/mol. The summed E-state index contributed by atoms with van der Waals surface area (Å²) in [5, 5.41) is 0. The van der Waals surface area contributed by atoms with E-state index in [0.717, 1.165) is 19.2 Å². The smallest absolute Gasteiger partial charge is 0.403 e. The lowest BCUT2D eigenvalue weighted by molar-refractivity contribution is 0.00578. The number of halogens is 1. The SMILES string of the molecule is CC1(C)OB(CCCCCF)OC1(C)C. The van der Waals surface area contributed by atoms with E-state index in [1.807, 2.05) is 0 Å². The van der Waals surface area contributed by atoms with E-state index in [1.165, 1.54) is 0 Å². The van der Waals surface area contributed by atoms with Crippen molar-refractivity contribution in [2.75, 3.05) is 6.67 Å². The van der Waals surface area contributed by atoms with E-state index in [1.54, 1.807) is 0 Å². The van der Waals surface area contributed by atoms with Crippen LogP contribution in [0, 0.1) is 0 Å². The minimum Gasteiger partial charge on any atom is -0.403 e. The molecule has 1 aliphatic rings. The maximum absolute atomic E-state index is 11.9. The van der Waals surface area contributed by atoms with E-state index < -0.39 is 0 Å². The first kappa shape index (κ1) is 13.0. The van der Waals surface area contributed by atoms with Crippen LogP contribution in [0.5, 0.6) is 0 Å². The average Bonchev–Trinajstić information content (AvgIpc) is 2.30. The third-order valence-corrected chi connectivity index (χ3v) is 3.38. The highest BCUT2D eigenvalue weighted by Crippen LogP contribution is 2.38. The van der Waals surface area contributed by atoms with E-state index >= 15 is 0 Å². The topological polar surface area (TPSA) is 18.5 Å². The molecule has 0 bridgehead atoms. The normalized spacial score (nSPS) is 23.4. The lowest BCUT2D eigenvalue weighted by Crippen LogP contribution is -2.41. The molecule has 0 aromatic carbocycles. The molecule has 0 unspecified atom stereocenters. The summed E-state index contributed by atoms with van der Waals surface area (Å²) in [6.45, 7) is 7.98. The second-order valence-electron chi connectivity index (χ2n) is 5.22. The largest absolute Gasteiger partial charge is 0.457 e. The first-order valence-electron chi connectivity index (χ1n) is 5.81. The van der Waals surface area contributed by atoms with E-state index in [9.17, 15) is 4.39 Å². The summed E-state index contributed by atoms with van der Waals surface area (Å²) < 4.78 is 23.5. The van der Waals surface area contributed by atoms with Gasteiger partial charge in [-0.15, -0.1) is 0 Å². The van der Waals surface area contributed by atoms with Crippen LogP contribution >= 0.6 is 0 Å². The third kappa shape index (κ3) is 3.18. The van der Waals surface area contributed by atoms with Crippen molar-refractivity contribution >= 4 is 7.12 Å². The van der Waals surface area contributed by atoms with Crippen molar-refractivity contribution in [3.8, 4) is 0 Å². The van der Waals surface area contributed by atoms with Gasteiger partial charge in [-0.2, -0.15) is 0 Å². The van der Waals surface area contributed by atoms with Gasteiger partial charge in [0.2, 0.25) is 0 Å². The van der Waals surface area contributed by atoms with Gasteiger partial charge in [0.25, 0.3) is 0 Å². The molecule has 0 atom stereocenters. The zero-order valence-electron chi connectivity index (χ0n) is 10.3. The third-order valence-electron chi connectivity index (χ3n) is 3.38. The van der Waals surface area contributed by atoms with E-state index in [0.29, 0.717) is 6.42 Å². The lowest BCUT2D eigenvalue weighted by atomic mass is 9.82. The molecule has 15 heavy (non-hydrogen) atoms. The molecule has 0 aromatic heterocycles. The van der Waals surface area contributed by atoms with Gasteiger partial charge >= 0.3 is 7.12 Å². The van der Waals surface area contributed by atoms with Crippen molar-refractivity contribution in [3.63, 3.8) is 0 Å². The number of alkyl halides is 1. The Morgan fingerprint density at radius 2 is 1.47 bits per heavy atom. The van der Waals surface area contributed by atoms with Crippen molar-refractivity contribution in [2.24, 2.45) is 0 Å². The van der Waals surface area contributed by atoms with Crippen LogP contribution in [0.25, 0.3) is 0 Å². The molecular weight excluding hydrogens is 194 g/mol. The second-order valence-corrected chi connectivity index (χ2v) is 5.22. The standard InChI is InChI=1S/C11H22BFO2/c1-10(2)11(3,4)15-12(14-10)8-6-5-7-9-13/h5-9H2,1-4H3. The lowest BCUT2D eigenvalue weighted by Gasteiger charge is -2.32. The van der Waals surface area contributed by atoms with E-state index in [4.69, 9.17) is 9.31 Å². The molecule has 0 N–H and O–H groups in total. The number of rotatable bonds is 5. The van der Waals surface area contributed by atoms with E-state index in [2.05, 4.69) is 27.7 Å². The Balaban J connectivity index is 2.30. The maximum atomic E-state index is 11.9. The number of hydrogen-bond donors (Lipinski definition) is 0. The molecule has 0 spiro atoms. The summed E-state index contributed by atoms with van der Waals surface area (Å²) in [6, 6.07) is 0. The predicted octanol–water partition coefficient (Wildman–Crippen LogP) is 3.22. The maximum Gasteiger partial charge on any atom is 0.457 e. The molecule has 0 saturated carbocycles. The molecule has 0 radical (unpaired) electrons. The molecule has 1 heterocycles. The molecule has 4 heteroatoms. The van der Waals surface area contributed by atoms with Crippen molar-refractivity contribution < 1.29 is 13.7 Å². The quantitative estimate of drug-likeness (QED) is 0.518. The molecule has 1 saturated heterocycles. The van der Waals surface area contributed by atoms with Crippen LogP contribution in [0.4, 0.5) is 4.39 Å². The Morgan fingerprint density at radius 1 is 0.933 bits per heavy atom. The van der Waals surface area contributed by atoms with Crippen LogP contribution in [0.3, 0.4) is 0 Å². The highest BCUT2D eigenvalue weighted by Gasteiger charge is 2.50. The molecule has 88 valence electrons. The van der Waals surface area contributed by atoms with E-state index in [-0.39, 0.29) is 25.0 Å². The fourth-order valence-corrected chi connectivity index (χ4v) is 1.67. The summed E-state index contributed by atoms with van der Waals surface area (Å²) in [6.07, 6.45) is 3.41. The first-order valence-corrected chi connectivity index (χ1v) is 5.81. The van der Waals surface area contributed by atoms with Gasteiger partial charge in [0, 0.05) is 0 Å². The van der Waals surface area contributed by atoms with Crippen molar-refractivity contribution in [2.45, 2.75) is 64.5 Å². The number of unbranched alkanes of at least 4 members (excludes halogenated alkanes) is 2. The van der Waals surface area contributed by atoms with Gasteiger partial charge in [0.1, 0.15) is 0 Å². The second kappa shape index (κ2) is 4.83. The summed E-state index contributed by atoms with van der Waals surface area (Å²) in [4.78, 5) is 0. The fourth-order valence-electron chi connectivity index (χ4n) is 1.67. The van der Waals surface area contributed by atoms with Gasteiger partial charge < -0.3 is 9.31 Å². The summed E-state index contributed by atoms with van der Waals surface area (Å²) in [5.74, 6) is 0. The molecule has 1 rings (SSSR count). The Hall–Kier alpha value is -0.0851. The Morgan fingerprint density at radius 3 is 1.93 bits per heavy atom. The molecule has 0 aromatic rings. The summed E-state index contributed by atoms with van der Waals surface area (Å²) in [5.41, 5.74) is -0.477. The Bertz CT molecular complexity index is 191. The van der Waals surface area contributed by atoms with Crippen LogP contribution in [-0.2, 0) is 9.31 Å². The van der Waals surface area contributed by atoms with Crippen LogP contribution in [-0.4, -0.2) is 25.0 Å². The molecule has 1 fully saturated rings. The highest BCUT2D eigenvalue weighted by atomic mass is 19.1. The van der Waals surface area contributed by atoms with Gasteiger partial charge in [-0.05, 0) is 40.4 Å². The Kier molecular flexibility index (Phi) is 4.18. The fraction of sp³-hybridized carbons (Fsp3) is 1.00. The molecule has 0 amide bonds. The zero-order valence-corrected chi connectivity index (χ0v) is 10.3.